The maximum absolute atomic E-state index is 15.7. The molecule has 2 amide bonds. The summed E-state index contributed by atoms with van der Waals surface area (Å²) in [6.45, 7) is 10.1. The van der Waals surface area contributed by atoms with E-state index in [4.69, 9.17) is 6.57 Å². The van der Waals surface area contributed by atoms with Crippen molar-refractivity contribution in [2.24, 2.45) is 0 Å². The van der Waals surface area contributed by atoms with Crippen molar-refractivity contribution in [3.63, 3.8) is 0 Å². The third kappa shape index (κ3) is 6.89. The average Bonchev–Trinajstić information content (AvgIpc) is 2.94. The van der Waals surface area contributed by atoms with Gasteiger partial charge in [0, 0.05) is 21.2 Å². The molecule has 1 N–H and O–H groups in total. The number of amides is 2. The van der Waals surface area contributed by atoms with Crippen LogP contribution in [0.5, 0.6) is 0 Å². The standard InChI is InChI=1S/C28H15F11IN3O2/c1-3-11-43(24(45)14-7-9-16(41-2)10-8-14)20-6-4-5-17(21(20)29)23(44)42-22-18(26(31,32)33)12-15(13-19(22)40)25(30,27(34,35)36)28(37,38)39/h3-10,12-13H,1,11H2,(H,42,44). The summed E-state index contributed by atoms with van der Waals surface area (Å²) in [5, 5.41) is 1.63. The molecule has 0 aliphatic carbocycles. The van der Waals surface area contributed by atoms with Gasteiger partial charge in [0.1, 0.15) is 0 Å². The summed E-state index contributed by atoms with van der Waals surface area (Å²) >= 11 is 0.866. The van der Waals surface area contributed by atoms with Gasteiger partial charge in [-0.3, -0.25) is 9.59 Å². The zero-order valence-electron chi connectivity index (χ0n) is 21.9. The molecular weight excluding hydrogens is 746 g/mol. The van der Waals surface area contributed by atoms with Crippen LogP contribution < -0.4 is 10.2 Å². The summed E-state index contributed by atoms with van der Waals surface area (Å²) in [6, 6.07) is 7.06. The second kappa shape index (κ2) is 12.7. The largest absolute Gasteiger partial charge is 0.435 e. The van der Waals surface area contributed by atoms with E-state index >= 15 is 4.39 Å². The van der Waals surface area contributed by atoms with E-state index in [1.165, 1.54) is 30.3 Å². The SMILES string of the molecule is [C-]#[N+]c1ccc(C(=O)N(CC=C)c2cccc(C(=O)Nc3c(I)cc(C(F)(C(F)(F)F)C(F)(F)F)cc3C(F)(F)F)c2F)cc1. The molecule has 3 aromatic carbocycles. The summed E-state index contributed by atoms with van der Waals surface area (Å²) in [7, 11) is 0. The van der Waals surface area contributed by atoms with E-state index in [2.05, 4.69) is 11.4 Å². The summed E-state index contributed by atoms with van der Waals surface area (Å²) in [5.74, 6) is -3.92. The van der Waals surface area contributed by atoms with Crippen molar-refractivity contribution in [2.45, 2.75) is 24.2 Å². The number of alkyl halides is 10. The van der Waals surface area contributed by atoms with Gasteiger partial charge in [-0.05, 0) is 46.9 Å². The third-order valence-electron chi connectivity index (χ3n) is 6.13. The molecule has 0 aliphatic rings. The predicted octanol–water partition coefficient (Wildman–Crippen LogP) is 9.37. The quantitative estimate of drug-likeness (QED) is 0.113. The van der Waals surface area contributed by atoms with Crippen molar-refractivity contribution < 1.29 is 57.9 Å². The summed E-state index contributed by atoms with van der Waals surface area (Å²) in [5.41, 5.74) is -13.7. The van der Waals surface area contributed by atoms with E-state index in [1.807, 2.05) is 0 Å². The first-order chi connectivity index (χ1) is 20.7. The Hall–Kier alpha value is -4.21. The molecule has 0 radical (unpaired) electrons. The molecule has 3 aromatic rings. The van der Waals surface area contributed by atoms with Crippen molar-refractivity contribution in [2.75, 3.05) is 16.8 Å². The fourth-order valence-corrected chi connectivity index (χ4v) is 4.74. The number of rotatable bonds is 7. The molecule has 45 heavy (non-hydrogen) atoms. The van der Waals surface area contributed by atoms with Crippen molar-refractivity contribution in [1.82, 2.24) is 0 Å². The van der Waals surface area contributed by atoms with E-state index in [0.717, 1.165) is 45.7 Å². The monoisotopic (exact) mass is 761 g/mol. The highest BCUT2D eigenvalue weighted by Crippen LogP contribution is 2.54. The van der Waals surface area contributed by atoms with Gasteiger partial charge in [-0.1, -0.05) is 36.4 Å². The molecule has 0 aliphatic heterocycles. The van der Waals surface area contributed by atoms with E-state index < -0.39 is 79.5 Å². The normalized spacial score (nSPS) is 12.3. The lowest BCUT2D eigenvalue weighted by Crippen LogP contribution is -2.50. The van der Waals surface area contributed by atoms with Crippen LogP contribution in [0.4, 0.5) is 65.4 Å². The second-order valence-corrected chi connectivity index (χ2v) is 10.2. The maximum atomic E-state index is 15.7. The number of benzene rings is 3. The highest BCUT2D eigenvalue weighted by molar-refractivity contribution is 14.1. The number of hydrogen-bond acceptors (Lipinski definition) is 2. The molecule has 0 atom stereocenters. The molecular formula is C28H15F11IN3O2. The molecule has 238 valence electrons. The molecule has 3 rings (SSSR count). The number of carbonyl (C=O) groups excluding carboxylic acids is 2. The molecule has 17 heteroatoms. The zero-order valence-corrected chi connectivity index (χ0v) is 24.1. The lowest BCUT2D eigenvalue weighted by molar-refractivity contribution is -0.348. The highest BCUT2D eigenvalue weighted by Gasteiger charge is 2.73. The van der Waals surface area contributed by atoms with Crippen molar-refractivity contribution in [3.8, 4) is 0 Å². The highest BCUT2D eigenvalue weighted by atomic mass is 127. The first-order valence-electron chi connectivity index (χ1n) is 11.9. The van der Waals surface area contributed by atoms with E-state index in [1.54, 1.807) is 5.32 Å². The number of anilines is 2. The van der Waals surface area contributed by atoms with Gasteiger partial charge >= 0.3 is 24.2 Å². The Kier molecular flexibility index (Phi) is 9.92. The first kappa shape index (κ1) is 35.3. The van der Waals surface area contributed by atoms with Gasteiger partial charge in [0.15, 0.2) is 11.5 Å². The first-order valence-corrected chi connectivity index (χ1v) is 13.0. The van der Waals surface area contributed by atoms with Crippen molar-refractivity contribution in [1.29, 1.82) is 0 Å². The number of nitrogens with one attached hydrogen (secondary N) is 1. The van der Waals surface area contributed by atoms with Gasteiger partial charge in [0.05, 0.1) is 29.1 Å². The van der Waals surface area contributed by atoms with Crippen LogP contribution in [0.15, 0.2) is 67.3 Å². The maximum Gasteiger partial charge on any atom is 0.435 e. The lowest BCUT2D eigenvalue weighted by atomic mass is 9.92. The predicted molar refractivity (Wildman–Crippen MR) is 148 cm³/mol. The fourth-order valence-electron chi connectivity index (χ4n) is 3.98. The van der Waals surface area contributed by atoms with Crippen LogP contribution in [0, 0.1) is 16.0 Å². The average molecular weight is 761 g/mol. The third-order valence-corrected chi connectivity index (χ3v) is 6.98. The lowest BCUT2D eigenvalue weighted by Gasteiger charge is -2.31. The topological polar surface area (TPSA) is 53.8 Å². The van der Waals surface area contributed by atoms with Gasteiger partial charge < -0.3 is 10.2 Å². The van der Waals surface area contributed by atoms with Crippen LogP contribution in [0.1, 0.15) is 31.8 Å². The molecule has 0 heterocycles. The number of carbonyl (C=O) groups is 2. The fraction of sp³-hybridized carbons (Fsp3) is 0.179. The van der Waals surface area contributed by atoms with Gasteiger partial charge in [-0.2, -0.15) is 39.5 Å². The Balaban J connectivity index is 2.11. The molecule has 0 bridgehead atoms. The van der Waals surface area contributed by atoms with Crippen LogP contribution in [0.3, 0.4) is 0 Å². The van der Waals surface area contributed by atoms with Crippen LogP contribution in [0.25, 0.3) is 4.85 Å². The summed E-state index contributed by atoms with van der Waals surface area (Å²) in [4.78, 5) is 30.1. The number of halogens is 12. The molecule has 0 fully saturated rings. The Labute approximate surface area is 260 Å². The zero-order chi connectivity index (χ0) is 34.1. The second-order valence-electron chi connectivity index (χ2n) is 8.99. The molecule has 0 unspecified atom stereocenters. The Morgan fingerprint density at radius 3 is 2.00 bits per heavy atom. The molecule has 5 nitrogen and oxygen atoms in total. The minimum atomic E-state index is -6.72. The van der Waals surface area contributed by atoms with Crippen LogP contribution in [-0.4, -0.2) is 30.7 Å². The van der Waals surface area contributed by atoms with Crippen molar-refractivity contribution >= 4 is 51.5 Å². The summed E-state index contributed by atoms with van der Waals surface area (Å²) in [6.07, 6.45) is -18.0. The van der Waals surface area contributed by atoms with E-state index in [9.17, 15) is 53.5 Å². The van der Waals surface area contributed by atoms with Crippen LogP contribution in [-0.2, 0) is 11.8 Å². The van der Waals surface area contributed by atoms with Gasteiger partial charge in [0.25, 0.3) is 11.8 Å². The minimum absolute atomic E-state index is 0.0235. The van der Waals surface area contributed by atoms with Crippen LogP contribution >= 0.6 is 22.6 Å². The van der Waals surface area contributed by atoms with E-state index in [0.29, 0.717) is 0 Å². The van der Waals surface area contributed by atoms with Gasteiger partial charge in [0.2, 0.25) is 0 Å². The van der Waals surface area contributed by atoms with E-state index in [-0.39, 0.29) is 23.9 Å². The Bertz CT molecular complexity index is 1660. The molecule has 0 saturated heterocycles. The molecule has 0 spiro atoms. The number of nitrogens with zero attached hydrogens (tertiary/aromatic N) is 2. The van der Waals surface area contributed by atoms with Crippen molar-refractivity contribution in [3.05, 3.63) is 110 Å². The van der Waals surface area contributed by atoms with Gasteiger partial charge in [-0.25, -0.2) is 13.6 Å². The summed E-state index contributed by atoms with van der Waals surface area (Å²) < 4.78 is 150. The number of hydrogen-bond donors (Lipinski definition) is 1. The molecule has 0 saturated carbocycles. The van der Waals surface area contributed by atoms with Gasteiger partial charge in [-0.15, -0.1) is 6.58 Å². The Morgan fingerprint density at radius 2 is 1.51 bits per heavy atom. The smallest absolute Gasteiger partial charge is 0.320 e. The van der Waals surface area contributed by atoms with Crippen LogP contribution in [0.2, 0.25) is 0 Å². The Morgan fingerprint density at radius 1 is 0.933 bits per heavy atom. The molecule has 0 aromatic heterocycles. The minimum Gasteiger partial charge on any atom is -0.320 e.